The van der Waals surface area contributed by atoms with Gasteiger partial charge in [-0.1, -0.05) is 152 Å². The molecule has 0 spiro atoms. The van der Waals surface area contributed by atoms with Crippen LogP contribution in [0.15, 0.2) is 60.5 Å². The maximum absolute atomic E-state index is 3.95. The van der Waals surface area contributed by atoms with Crippen LogP contribution in [0, 0.1) is 0 Å². The standard InChI is InChI=1S/C43H79N3/c1-3-5-7-9-11-13-15-17-19-21-23-25-27-29-31-33-36-42(45-39-35-38-43-40-44-41-46-43)37-34-32-30-28-26-24-22-20-18-16-14-12-10-8-6-4-2/h11-14,17-20,40,42,44-46H,3-10,15-16,21-39,41H2,1-2H3/b13-11-,14-12-,19-17-,20-18-. The van der Waals surface area contributed by atoms with Gasteiger partial charge < -0.3 is 16.0 Å². The number of hydrogen-bond acceptors (Lipinski definition) is 3. The van der Waals surface area contributed by atoms with Crippen LogP contribution in [-0.4, -0.2) is 19.3 Å². The van der Waals surface area contributed by atoms with Gasteiger partial charge in [0.05, 0.1) is 6.67 Å². The normalized spacial score (nSPS) is 13.7. The second kappa shape index (κ2) is 36.1. The van der Waals surface area contributed by atoms with Crippen molar-refractivity contribution in [2.24, 2.45) is 0 Å². The zero-order chi connectivity index (χ0) is 32.9. The Kier molecular flexibility index (Phi) is 33.2. The minimum atomic E-state index is 0.709. The van der Waals surface area contributed by atoms with Gasteiger partial charge in [0.1, 0.15) is 0 Å². The first kappa shape index (κ1) is 42.3. The number of allylic oxidation sites excluding steroid dienone is 9. The van der Waals surface area contributed by atoms with Gasteiger partial charge >= 0.3 is 0 Å². The predicted octanol–water partition coefficient (Wildman–Crippen LogP) is 13.1. The van der Waals surface area contributed by atoms with Gasteiger partial charge in [-0.15, -0.1) is 0 Å². The first-order chi connectivity index (χ1) is 22.9. The molecular formula is C43H79N3. The van der Waals surface area contributed by atoms with E-state index in [1.165, 1.54) is 166 Å². The third-order valence-corrected chi connectivity index (χ3v) is 9.26. The second-order valence-corrected chi connectivity index (χ2v) is 13.7. The van der Waals surface area contributed by atoms with E-state index in [2.05, 4.69) is 84.6 Å². The van der Waals surface area contributed by atoms with Gasteiger partial charge in [-0.3, -0.25) is 0 Å². The molecule has 0 amide bonds. The van der Waals surface area contributed by atoms with Crippen LogP contribution in [0.5, 0.6) is 0 Å². The molecule has 0 saturated heterocycles. The van der Waals surface area contributed by atoms with E-state index in [0.717, 1.165) is 32.5 Å². The summed E-state index contributed by atoms with van der Waals surface area (Å²) in [6.45, 7) is 6.59. The van der Waals surface area contributed by atoms with Crippen LogP contribution < -0.4 is 16.0 Å². The van der Waals surface area contributed by atoms with Crippen molar-refractivity contribution in [1.82, 2.24) is 16.0 Å². The molecule has 0 atom stereocenters. The summed E-state index contributed by atoms with van der Waals surface area (Å²) >= 11 is 0. The molecule has 0 fully saturated rings. The van der Waals surface area contributed by atoms with E-state index in [0.29, 0.717) is 6.04 Å². The zero-order valence-electron chi connectivity index (χ0n) is 31.0. The lowest BCUT2D eigenvalue weighted by Crippen LogP contribution is -2.30. The van der Waals surface area contributed by atoms with Gasteiger partial charge in [-0.2, -0.15) is 0 Å². The summed E-state index contributed by atoms with van der Waals surface area (Å²) in [6, 6.07) is 0.709. The highest BCUT2D eigenvalue weighted by Gasteiger charge is 2.09. The van der Waals surface area contributed by atoms with Crippen LogP contribution in [0.3, 0.4) is 0 Å². The second-order valence-electron chi connectivity index (χ2n) is 13.7. The highest BCUT2D eigenvalue weighted by molar-refractivity contribution is 5.02. The first-order valence-electron chi connectivity index (χ1n) is 20.4. The molecule has 0 aromatic heterocycles. The number of unbranched alkanes of at least 4 members (excludes halogenated alkanes) is 18. The Hall–Kier alpha value is -1.74. The molecule has 0 bridgehead atoms. The van der Waals surface area contributed by atoms with E-state index in [-0.39, 0.29) is 0 Å². The average molecular weight is 638 g/mol. The molecule has 266 valence electrons. The van der Waals surface area contributed by atoms with Crippen LogP contribution in [-0.2, 0) is 0 Å². The number of nitrogens with one attached hydrogen (secondary N) is 3. The number of hydrogen-bond donors (Lipinski definition) is 3. The van der Waals surface area contributed by atoms with Crippen LogP contribution in [0.1, 0.15) is 194 Å². The van der Waals surface area contributed by atoms with E-state index >= 15 is 0 Å². The highest BCUT2D eigenvalue weighted by atomic mass is 15.1. The first-order valence-corrected chi connectivity index (χ1v) is 20.4. The van der Waals surface area contributed by atoms with Crippen LogP contribution in [0.2, 0.25) is 0 Å². The Morgan fingerprint density at radius 3 is 1.41 bits per heavy atom. The van der Waals surface area contributed by atoms with E-state index in [1.807, 2.05) is 0 Å². The molecule has 1 aliphatic rings. The minimum absolute atomic E-state index is 0.709. The molecule has 0 saturated carbocycles. The molecule has 1 rings (SSSR count). The predicted molar refractivity (Wildman–Crippen MR) is 208 cm³/mol. The molecule has 46 heavy (non-hydrogen) atoms. The average Bonchev–Trinajstić information content (AvgIpc) is 3.59. The lowest BCUT2D eigenvalue weighted by Gasteiger charge is -2.19. The topological polar surface area (TPSA) is 36.1 Å². The number of rotatable bonds is 35. The summed E-state index contributed by atoms with van der Waals surface area (Å²) in [7, 11) is 0. The maximum Gasteiger partial charge on any atom is 0.0843 e. The Balaban J connectivity index is 2.07. The largest absolute Gasteiger partial charge is 0.372 e. The van der Waals surface area contributed by atoms with Crippen molar-refractivity contribution >= 4 is 0 Å². The Bertz CT molecular complexity index is 714. The van der Waals surface area contributed by atoms with Crippen LogP contribution >= 0.6 is 0 Å². The van der Waals surface area contributed by atoms with Crippen LogP contribution in [0.4, 0.5) is 0 Å². The molecule has 3 N–H and O–H groups in total. The molecule has 1 heterocycles. The zero-order valence-corrected chi connectivity index (χ0v) is 31.0. The summed E-state index contributed by atoms with van der Waals surface area (Å²) in [5.41, 5.74) is 1.37. The van der Waals surface area contributed by atoms with E-state index in [1.54, 1.807) is 0 Å². The fourth-order valence-corrected chi connectivity index (χ4v) is 6.24. The van der Waals surface area contributed by atoms with Gasteiger partial charge in [0, 0.05) is 17.9 Å². The molecule has 3 nitrogen and oxygen atoms in total. The molecular weight excluding hydrogens is 558 g/mol. The SMILES string of the molecule is CCCCC/C=C\C/C=C\CCCCCCCCC(CCCCCCCC/C=C\C/C=C\CCCCC)NCCCC1=CNCN1. The summed E-state index contributed by atoms with van der Waals surface area (Å²) < 4.78 is 0. The molecule has 1 aliphatic heterocycles. The summed E-state index contributed by atoms with van der Waals surface area (Å²) in [5.74, 6) is 0. The van der Waals surface area contributed by atoms with Crippen molar-refractivity contribution in [3.05, 3.63) is 60.5 Å². The third kappa shape index (κ3) is 30.9. The van der Waals surface area contributed by atoms with Gasteiger partial charge in [-0.25, -0.2) is 0 Å². The van der Waals surface area contributed by atoms with Gasteiger partial charge in [0.2, 0.25) is 0 Å². The van der Waals surface area contributed by atoms with Crippen molar-refractivity contribution in [2.75, 3.05) is 13.2 Å². The third-order valence-electron chi connectivity index (χ3n) is 9.26. The van der Waals surface area contributed by atoms with Crippen molar-refractivity contribution in [3.8, 4) is 0 Å². The molecule has 0 aromatic rings. The van der Waals surface area contributed by atoms with Crippen molar-refractivity contribution in [1.29, 1.82) is 0 Å². The monoisotopic (exact) mass is 638 g/mol. The highest BCUT2D eigenvalue weighted by Crippen LogP contribution is 2.16. The molecule has 0 unspecified atom stereocenters. The molecule has 0 aromatic carbocycles. The lowest BCUT2D eigenvalue weighted by atomic mass is 9.99. The van der Waals surface area contributed by atoms with Crippen LogP contribution in [0.25, 0.3) is 0 Å². The van der Waals surface area contributed by atoms with Crippen molar-refractivity contribution in [3.63, 3.8) is 0 Å². The van der Waals surface area contributed by atoms with Crippen molar-refractivity contribution in [2.45, 2.75) is 200 Å². The van der Waals surface area contributed by atoms with Crippen molar-refractivity contribution < 1.29 is 0 Å². The van der Waals surface area contributed by atoms with E-state index < -0.39 is 0 Å². The minimum Gasteiger partial charge on any atom is -0.372 e. The Morgan fingerprint density at radius 1 is 0.543 bits per heavy atom. The fourth-order valence-electron chi connectivity index (χ4n) is 6.24. The van der Waals surface area contributed by atoms with Gasteiger partial charge in [-0.05, 0) is 96.4 Å². The summed E-state index contributed by atoms with van der Waals surface area (Å²) in [5, 5.41) is 10.6. The lowest BCUT2D eigenvalue weighted by molar-refractivity contribution is 0.409. The smallest absolute Gasteiger partial charge is 0.0843 e. The van der Waals surface area contributed by atoms with Gasteiger partial charge in [0.15, 0.2) is 0 Å². The Labute approximate surface area is 288 Å². The van der Waals surface area contributed by atoms with Gasteiger partial charge in [0.25, 0.3) is 0 Å². The maximum atomic E-state index is 3.95. The fraction of sp³-hybridized carbons (Fsp3) is 0.767. The summed E-state index contributed by atoms with van der Waals surface area (Å²) in [4.78, 5) is 0. The molecule has 0 radical (unpaired) electrons. The Morgan fingerprint density at radius 2 is 0.978 bits per heavy atom. The quantitative estimate of drug-likeness (QED) is 0.0478. The van der Waals surface area contributed by atoms with E-state index in [9.17, 15) is 0 Å². The molecule has 3 heteroatoms. The van der Waals surface area contributed by atoms with E-state index in [4.69, 9.17) is 0 Å². The molecule has 0 aliphatic carbocycles. The summed E-state index contributed by atoms with van der Waals surface area (Å²) in [6.07, 6.45) is 58.2.